The Kier molecular flexibility index (Phi) is 9.01. The number of anilines is 2. The first kappa shape index (κ1) is 27.2. The summed E-state index contributed by atoms with van der Waals surface area (Å²) in [4.78, 5) is 11.5. The molecule has 0 saturated carbocycles. The van der Waals surface area contributed by atoms with Gasteiger partial charge in [0.05, 0.1) is 11.5 Å². The second kappa shape index (κ2) is 11.6. The lowest BCUT2D eigenvalue weighted by Crippen LogP contribution is -2.49. The van der Waals surface area contributed by atoms with Crippen molar-refractivity contribution in [3.63, 3.8) is 0 Å². The monoisotopic (exact) mass is 492 g/mol. The quantitative estimate of drug-likeness (QED) is 0.312. The normalized spacial score (nSPS) is 20.3. The van der Waals surface area contributed by atoms with Gasteiger partial charge in [0, 0.05) is 32.7 Å². The van der Waals surface area contributed by atoms with Gasteiger partial charge < -0.3 is 14.6 Å². The smallest absolute Gasteiger partial charge is 0.200 e. The van der Waals surface area contributed by atoms with Gasteiger partial charge in [0.2, 0.25) is 0 Å². The molecule has 2 heterocycles. The van der Waals surface area contributed by atoms with Gasteiger partial charge in [-0.1, -0.05) is 84.7 Å². The van der Waals surface area contributed by atoms with E-state index < -0.39 is 8.32 Å². The highest BCUT2D eigenvalue weighted by Crippen LogP contribution is 2.45. The molecule has 1 unspecified atom stereocenters. The van der Waals surface area contributed by atoms with Crippen molar-refractivity contribution in [2.24, 2.45) is 11.8 Å². The van der Waals surface area contributed by atoms with Crippen LogP contribution in [0.15, 0.2) is 36.7 Å². The van der Waals surface area contributed by atoms with E-state index in [4.69, 9.17) is 15.8 Å². The Morgan fingerprint density at radius 2 is 1.71 bits per heavy atom. The van der Waals surface area contributed by atoms with Crippen molar-refractivity contribution in [3.05, 3.63) is 47.8 Å². The number of nitrogens with zero attached hydrogens (tertiary/aromatic N) is 3. The third-order valence-electron chi connectivity index (χ3n) is 8.03. The van der Waals surface area contributed by atoms with Crippen LogP contribution in [-0.4, -0.2) is 38.5 Å². The summed E-state index contributed by atoms with van der Waals surface area (Å²) in [7, 11) is 0.119. The van der Waals surface area contributed by atoms with E-state index in [0.717, 1.165) is 36.9 Å². The highest BCUT2D eigenvalue weighted by atomic mass is 28.4. The first-order valence-corrected chi connectivity index (χ1v) is 15.2. The fourth-order valence-electron chi connectivity index (χ4n) is 6.20. The number of fused-ring (bicyclic) bond motifs is 1. The molecule has 1 N–H and O–H groups in total. The first-order valence-electron chi connectivity index (χ1n) is 13.1. The molecule has 0 radical (unpaired) electrons. The molecule has 5 nitrogen and oxygen atoms in total. The van der Waals surface area contributed by atoms with Gasteiger partial charge in [-0.3, -0.25) is 0 Å². The molecule has 0 amide bonds. The number of nitrogens with one attached hydrogen (secondary N) is 1. The van der Waals surface area contributed by atoms with Gasteiger partial charge in [0.1, 0.15) is 18.0 Å². The van der Waals surface area contributed by atoms with Crippen LogP contribution in [0.2, 0.25) is 16.6 Å². The first-order chi connectivity index (χ1) is 16.6. The van der Waals surface area contributed by atoms with Gasteiger partial charge in [-0.05, 0) is 28.1 Å². The molecule has 0 aliphatic carbocycles. The molecule has 1 aliphatic rings. The molecular weight excluding hydrogens is 448 g/mol. The van der Waals surface area contributed by atoms with Crippen molar-refractivity contribution in [2.75, 3.05) is 30.4 Å². The molecule has 1 aromatic heterocycles. The van der Waals surface area contributed by atoms with Crippen LogP contribution in [0, 0.1) is 24.2 Å². The minimum atomic E-state index is -1.96. The zero-order valence-electron chi connectivity index (χ0n) is 22.9. The second-order valence-electron chi connectivity index (χ2n) is 11.1. The molecule has 190 valence electrons. The van der Waals surface area contributed by atoms with E-state index in [9.17, 15) is 0 Å². The topological polar surface area (TPSA) is 50.3 Å². The number of hydrogen-bond acceptors (Lipinski definition) is 5. The van der Waals surface area contributed by atoms with E-state index >= 15 is 0 Å². The predicted molar refractivity (Wildman–Crippen MR) is 150 cm³/mol. The molecule has 0 saturated heterocycles. The van der Waals surface area contributed by atoms with Crippen LogP contribution in [0.25, 0.3) is 0 Å². The number of benzene rings is 1. The van der Waals surface area contributed by atoms with Gasteiger partial charge in [0.15, 0.2) is 8.32 Å². The highest BCUT2D eigenvalue weighted by Gasteiger charge is 2.46. The van der Waals surface area contributed by atoms with E-state index in [2.05, 4.69) is 101 Å². The maximum absolute atomic E-state index is 7.01. The van der Waals surface area contributed by atoms with Gasteiger partial charge in [-0.15, -0.1) is 6.42 Å². The third-order valence-corrected chi connectivity index (χ3v) is 14.1. The van der Waals surface area contributed by atoms with E-state index in [1.807, 2.05) is 6.07 Å². The Morgan fingerprint density at radius 3 is 2.29 bits per heavy atom. The summed E-state index contributed by atoms with van der Waals surface area (Å²) in [6.45, 7) is 18.6. The maximum atomic E-state index is 7.01. The molecular formula is C29H44N4OSi. The lowest BCUT2D eigenvalue weighted by Gasteiger charge is -2.43. The Labute approximate surface area is 214 Å². The summed E-state index contributed by atoms with van der Waals surface area (Å²) in [6, 6.07) is 10.4. The molecule has 1 aromatic carbocycles. The second-order valence-corrected chi connectivity index (χ2v) is 16.5. The van der Waals surface area contributed by atoms with Crippen LogP contribution in [0.4, 0.5) is 11.6 Å². The number of hydrogen-bond donors (Lipinski definition) is 1. The summed E-state index contributed by atoms with van der Waals surface area (Å²) < 4.78 is 7.01. The SMILES string of the molecule is C#C[C@@H]1c2c(ncnc2N(C)Cc2ccccc2)NC[C@@H](CO[Si](C(C)C)(C(C)C)C(C)C)C1C. The summed E-state index contributed by atoms with van der Waals surface area (Å²) >= 11 is 0. The minimum Gasteiger partial charge on any atom is -0.416 e. The minimum absolute atomic E-state index is 0.0868. The van der Waals surface area contributed by atoms with Gasteiger partial charge in [-0.25, -0.2) is 9.97 Å². The zero-order chi connectivity index (χ0) is 25.8. The molecule has 0 spiro atoms. The van der Waals surface area contributed by atoms with Crippen molar-refractivity contribution in [2.45, 2.75) is 77.6 Å². The molecule has 1 aliphatic heterocycles. The van der Waals surface area contributed by atoms with Crippen LogP contribution < -0.4 is 10.2 Å². The molecule has 0 bridgehead atoms. The summed E-state index contributed by atoms with van der Waals surface area (Å²) in [5, 5.41) is 3.62. The van der Waals surface area contributed by atoms with Gasteiger partial charge in [-0.2, -0.15) is 0 Å². The molecule has 3 rings (SSSR count). The Balaban J connectivity index is 1.88. The fourth-order valence-corrected chi connectivity index (χ4v) is 11.7. The Bertz CT molecular complexity index is 980. The van der Waals surface area contributed by atoms with Crippen LogP contribution in [0.5, 0.6) is 0 Å². The number of terminal acetylenes is 1. The van der Waals surface area contributed by atoms with E-state index in [0.29, 0.717) is 22.5 Å². The lowest BCUT2D eigenvalue weighted by atomic mass is 9.81. The Hall–Kier alpha value is -2.36. The average Bonchev–Trinajstić information content (AvgIpc) is 2.95. The van der Waals surface area contributed by atoms with Crippen molar-refractivity contribution in [3.8, 4) is 12.3 Å². The van der Waals surface area contributed by atoms with E-state index in [-0.39, 0.29) is 11.8 Å². The van der Waals surface area contributed by atoms with Crippen molar-refractivity contribution < 1.29 is 4.43 Å². The van der Waals surface area contributed by atoms with Crippen molar-refractivity contribution in [1.82, 2.24) is 9.97 Å². The molecule has 35 heavy (non-hydrogen) atoms. The van der Waals surface area contributed by atoms with Crippen molar-refractivity contribution >= 4 is 20.0 Å². The molecule has 3 atom stereocenters. The Morgan fingerprint density at radius 1 is 1.09 bits per heavy atom. The lowest BCUT2D eigenvalue weighted by molar-refractivity contribution is 0.184. The van der Waals surface area contributed by atoms with Gasteiger partial charge >= 0.3 is 0 Å². The van der Waals surface area contributed by atoms with E-state index in [1.54, 1.807) is 6.33 Å². The van der Waals surface area contributed by atoms with Crippen LogP contribution >= 0.6 is 0 Å². The van der Waals surface area contributed by atoms with Gasteiger partial charge in [0.25, 0.3) is 0 Å². The predicted octanol–water partition coefficient (Wildman–Crippen LogP) is 6.70. The van der Waals surface area contributed by atoms with Crippen LogP contribution in [-0.2, 0) is 11.0 Å². The third kappa shape index (κ3) is 5.57. The van der Waals surface area contributed by atoms with E-state index in [1.165, 1.54) is 5.56 Å². The summed E-state index contributed by atoms with van der Waals surface area (Å²) in [5.74, 6) is 5.31. The summed E-state index contributed by atoms with van der Waals surface area (Å²) in [6.07, 6.45) is 7.85. The van der Waals surface area contributed by atoms with Crippen molar-refractivity contribution in [1.29, 1.82) is 0 Å². The standard InChI is InChI=1S/C29H44N4OSi/c1-10-26-23(8)25(18-34-35(20(2)3,21(4)5)22(6)7)16-30-28-27(26)29(32-19-31-28)33(9)17-24-14-12-11-13-15-24/h1,11-15,19-23,25-26H,16-18H2,2-9H3,(H,30,31,32)/t23?,25-,26-/m0/s1. The molecule has 2 aromatic rings. The molecule has 6 heteroatoms. The summed E-state index contributed by atoms with van der Waals surface area (Å²) in [5.41, 5.74) is 3.94. The van der Waals surface area contributed by atoms with Crippen LogP contribution in [0.1, 0.15) is 65.5 Å². The maximum Gasteiger partial charge on any atom is 0.200 e. The largest absolute Gasteiger partial charge is 0.416 e. The zero-order valence-corrected chi connectivity index (χ0v) is 23.9. The highest BCUT2D eigenvalue weighted by molar-refractivity contribution is 6.77. The average molecular weight is 493 g/mol. The number of aromatic nitrogens is 2. The van der Waals surface area contributed by atoms with Crippen LogP contribution in [0.3, 0.4) is 0 Å². The molecule has 0 fully saturated rings. The number of rotatable bonds is 9. The fraction of sp³-hybridized carbons (Fsp3) is 0.586.